The van der Waals surface area contributed by atoms with Crippen LogP contribution in [0, 0.1) is 0 Å². The quantitative estimate of drug-likeness (QED) is 0.127. The molecule has 43 heavy (non-hydrogen) atoms. The van der Waals surface area contributed by atoms with E-state index < -0.39 is 0 Å². The number of hydrogen-bond donors (Lipinski definition) is 0. The van der Waals surface area contributed by atoms with Crippen molar-refractivity contribution in [1.29, 1.82) is 0 Å². The molecular weight excluding hydrogens is 622 g/mol. The normalized spacial score (nSPS) is 10.6. The maximum atomic E-state index is 4.35. The topological polar surface area (TPSA) is 103 Å². The Bertz CT molecular complexity index is 1920. The van der Waals surface area contributed by atoms with Crippen LogP contribution in [0.4, 0.5) is 0 Å². The first-order valence-corrected chi connectivity index (χ1v) is 13.3. The van der Waals surface area contributed by atoms with Crippen LogP contribution in [-0.4, -0.2) is 39.9 Å². The Kier molecular flexibility index (Phi) is 8.15. The Hall–Kier alpha value is -5.40. The molecule has 9 heteroatoms. The van der Waals surface area contributed by atoms with Gasteiger partial charge in [-0.2, -0.15) is 0 Å². The molecule has 8 nitrogen and oxygen atoms in total. The van der Waals surface area contributed by atoms with Crippen molar-refractivity contribution in [1.82, 2.24) is 39.9 Å². The molecule has 0 bridgehead atoms. The molecule has 0 aliphatic heterocycles. The van der Waals surface area contributed by atoms with Gasteiger partial charge in [-0.25, -0.2) is 0 Å². The molecule has 0 saturated carbocycles. The third-order valence-corrected chi connectivity index (χ3v) is 6.77. The molecule has 0 spiro atoms. The number of nitrogens with zero attached hydrogens (tertiary/aromatic N) is 8. The molecule has 0 atom stereocenters. The van der Waals surface area contributed by atoms with E-state index in [0.717, 1.165) is 65.7 Å². The van der Waals surface area contributed by atoms with Crippen LogP contribution in [0.1, 0.15) is 0 Å². The van der Waals surface area contributed by atoms with Crippen LogP contribution >= 0.6 is 0 Å². The van der Waals surface area contributed by atoms with Gasteiger partial charge in [-0.15, -0.1) is 0 Å². The molecule has 0 radical (unpaired) electrons. The zero-order chi connectivity index (χ0) is 28.1. The Morgan fingerprint density at radius 3 is 0.860 bits per heavy atom. The van der Waals surface area contributed by atoms with E-state index in [0.29, 0.717) is 0 Å². The fourth-order valence-corrected chi connectivity index (χ4v) is 4.82. The first-order valence-electron chi connectivity index (χ1n) is 13.3. The number of hydrogen-bond acceptors (Lipinski definition) is 8. The van der Waals surface area contributed by atoms with Gasteiger partial charge in [0, 0.05) is 71.1 Å². The first kappa shape index (κ1) is 27.8. The van der Waals surface area contributed by atoms with E-state index in [-0.39, 0.29) is 19.5 Å². The second kappa shape index (κ2) is 12.6. The van der Waals surface area contributed by atoms with Crippen molar-refractivity contribution in [2.24, 2.45) is 0 Å². The molecule has 0 fully saturated rings. The van der Waals surface area contributed by atoms with Crippen molar-refractivity contribution in [3.05, 3.63) is 135 Å². The van der Waals surface area contributed by atoms with Gasteiger partial charge < -0.3 is 0 Å². The van der Waals surface area contributed by atoms with E-state index in [2.05, 4.69) is 88.4 Å². The molecule has 0 amide bonds. The van der Waals surface area contributed by atoms with Crippen molar-refractivity contribution < 1.29 is 19.5 Å². The van der Waals surface area contributed by atoms with Gasteiger partial charge in [0.2, 0.25) is 0 Å². The van der Waals surface area contributed by atoms with E-state index in [4.69, 9.17) is 0 Å². The van der Waals surface area contributed by atoms with E-state index in [1.54, 1.807) is 49.6 Å². The largest absolute Gasteiger partial charge is 2.00 e. The third-order valence-electron chi connectivity index (χ3n) is 6.77. The summed E-state index contributed by atoms with van der Waals surface area (Å²) in [6.07, 6.45) is 13.9. The van der Waals surface area contributed by atoms with Crippen LogP contribution in [0.3, 0.4) is 0 Å². The van der Waals surface area contributed by atoms with Gasteiger partial charge in [-0.3, -0.25) is 39.9 Å². The van der Waals surface area contributed by atoms with E-state index >= 15 is 0 Å². The predicted octanol–water partition coefficient (Wildman–Crippen LogP) is 7.14. The minimum Gasteiger partial charge on any atom is -0.254 e. The minimum absolute atomic E-state index is 0. The summed E-state index contributed by atoms with van der Waals surface area (Å²) in [4.78, 5) is 34.3. The average molecular weight is 644 g/mol. The Morgan fingerprint density at radius 2 is 0.535 bits per heavy atom. The summed E-state index contributed by atoms with van der Waals surface area (Å²) in [5.74, 6) is 0. The molecule has 9 aromatic rings. The Labute approximate surface area is 258 Å². The SMILES string of the molecule is [Ru+2].c1cnc2c(c1)ccc1cccnc12.c1cnc2c(c1)ccc1cccnc12.c1cnc2c(ccc3nccnc32)n1. The number of aromatic nitrogens is 8. The zero-order valence-electron chi connectivity index (χ0n) is 22.6. The number of benzene rings is 3. The molecule has 6 heterocycles. The summed E-state index contributed by atoms with van der Waals surface area (Å²) < 4.78 is 0. The summed E-state index contributed by atoms with van der Waals surface area (Å²) in [6, 6.07) is 28.1. The molecule has 0 aliphatic rings. The van der Waals surface area contributed by atoms with Crippen molar-refractivity contribution in [3.63, 3.8) is 0 Å². The molecule has 0 aliphatic carbocycles. The van der Waals surface area contributed by atoms with Gasteiger partial charge in [0.15, 0.2) is 0 Å². The van der Waals surface area contributed by atoms with Gasteiger partial charge in [0.05, 0.1) is 33.1 Å². The second-order valence-corrected chi connectivity index (χ2v) is 9.35. The van der Waals surface area contributed by atoms with Crippen LogP contribution in [-0.2, 0) is 19.5 Å². The average Bonchev–Trinajstić information content (AvgIpc) is 3.09. The molecule has 204 valence electrons. The monoisotopic (exact) mass is 644 g/mol. The summed E-state index contributed by atoms with van der Waals surface area (Å²) in [5.41, 5.74) is 7.21. The molecular formula is C34H22N8Ru+2. The van der Waals surface area contributed by atoms with Gasteiger partial charge in [0.25, 0.3) is 0 Å². The standard InChI is InChI=1S/2C12H8N2.C10H6N4.Ru/c2*1-3-9-5-6-10-4-2-8-14-12(10)11(9)13-7-1;1-2-8-10(14-6-4-12-8)9-7(1)11-3-5-13-9;/h2*1-8H;1-6H;/q;;;+2. The summed E-state index contributed by atoms with van der Waals surface area (Å²) in [5, 5.41) is 4.55. The molecule has 0 N–H and O–H groups in total. The van der Waals surface area contributed by atoms with E-state index in [9.17, 15) is 0 Å². The predicted molar refractivity (Wildman–Crippen MR) is 167 cm³/mol. The van der Waals surface area contributed by atoms with Gasteiger partial charge in [-0.05, 0) is 36.4 Å². The van der Waals surface area contributed by atoms with E-state index in [1.165, 1.54) is 0 Å². The van der Waals surface area contributed by atoms with Crippen molar-refractivity contribution in [2.75, 3.05) is 0 Å². The molecule has 9 rings (SSSR count). The smallest absolute Gasteiger partial charge is 0.254 e. The van der Waals surface area contributed by atoms with Crippen molar-refractivity contribution >= 4 is 65.7 Å². The number of pyridine rings is 4. The van der Waals surface area contributed by atoms with Crippen LogP contribution in [0.25, 0.3) is 65.7 Å². The van der Waals surface area contributed by atoms with Crippen molar-refractivity contribution in [3.8, 4) is 0 Å². The maximum absolute atomic E-state index is 4.35. The van der Waals surface area contributed by atoms with Crippen LogP contribution in [0.2, 0.25) is 0 Å². The Morgan fingerprint density at radius 1 is 0.256 bits per heavy atom. The van der Waals surface area contributed by atoms with Crippen LogP contribution in [0.15, 0.2) is 135 Å². The zero-order valence-corrected chi connectivity index (χ0v) is 24.4. The fourth-order valence-electron chi connectivity index (χ4n) is 4.82. The number of fused-ring (bicyclic) bond motifs is 9. The Balaban J connectivity index is 0.000000113. The summed E-state index contributed by atoms with van der Waals surface area (Å²) in [7, 11) is 0. The van der Waals surface area contributed by atoms with Crippen molar-refractivity contribution in [2.45, 2.75) is 0 Å². The molecule has 6 aromatic heterocycles. The third kappa shape index (κ3) is 5.71. The first-order chi connectivity index (χ1) is 20.8. The molecule has 0 saturated heterocycles. The fraction of sp³-hybridized carbons (Fsp3) is 0. The van der Waals surface area contributed by atoms with Crippen LogP contribution < -0.4 is 0 Å². The van der Waals surface area contributed by atoms with E-state index in [1.807, 2.05) is 36.4 Å². The van der Waals surface area contributed by atoms with Crippen LogP contribution in [0.5, 0.6) is 0 Å². The summed E-state index contributed by atoms with van der Waals surface area (Å²) >= 11 is 0. The maximum Gasteiger partial charge on any atom is 2.00 e. The second-order valence-electron chi connectivity index (χ2n) is 9.35. The van der Waals surface area contributed by atoms with Gasteiger partial charge in [0.1, 0.15) is 11.0 Å². The van der Waals surface area contributed by atoms with Gasteiger partial charge in [-0.1, -0.05) is 48.5 Å². The summed E-state index contributed by atoms with van der Waals surface area (Å²) in [6.45, 7) is 0. The van der Waals surface area contributed by atoms with Gasteiger partial charge >= 0.3 is 19.5 Å². The molecule has 0 unspecified atom stereocenters. The minimum atomic E-state index is 0. The molecule has 3 aromatic carbocycles. The number of rotatable bonds is 0.